The average Bonchev–Trinajstić information content (AvgIpc) is 3.09. The van der Waals surface area contributed by atoms with E-state index in [0.717, 1.165) is 33.8 Å². The Morgan fingerprint density at radius 2 is 1.52 bits per heavy atom. The molecule has 3 aromatic rings. The first kappa shape index (κ1) is 19.4. The summed E-state index contributed by atoms with van der Waals surface area (Å²) in [6.45, 7) is 12.8. The van der Waals surface area contributed by atoms with Gasteiger partial charge in [0.05, 0.1) is 23.5 Å². The predicted molar refractivity (Wildman–Crippen MR) is 117 cm³/mol. The van der Waals surface area contributed by atoms with Gasteiger partial charge < -0.3 is 4.90 Å². The van der Waals surface area contributed by atoms with Crippen LogP contribution in [0.25, 0.3) is 22.5 Å². The summed E-state index contributed by atoms with van der Waals surface area (Å²) in [4.78, 5) is 15.3. The van der Waals surface area contributed by atoms with Crippen LogP contribution in [0.5, 0.6) is 0 Å². The number of carbonyl (C=O) groups excluding carboxylic acids is 1. The minimum Gasteiger partial charge on any atom is -0.307 e. The van der Waals surface area contributed by atoms with Gasteiger partial charge in [0.15, 0.2) is 0 Å². The number of rotatable bonds is 0. The van der Waals surface area contributed by atoms with Crippen molar-refractivity contribution in [1.82, 2.24) is 15.0 Å². The molecule has 0 fully saturated rings. The standard InChI is InChI=1S/C24H28N4O/c1-23(2,3)22(29)27-15-16-11-7-8-12-17(16)21-20(18-13-9-10-14-19(18)27)25-26-28(21)24(4,5)6/h7-14H,15H2,1-6H3. The molecule has 0 atom stereocenters. The highest BCUT2D eigenvalue weighted by atomic mass is 16.2. The van der Waals surface area contributed by atoms with Crippen LogP contribution >= 0.6 is 0 Å². The maximum absolute atomic E-state index is 13.4. The maximum atomic E-state index is 13.4. The lowest BCUT2D eigenvalue weighted by Gasteiger charge is -2.33. The zero-order valence-corrected chi connectivity index (χ0v) is 18.0. The SMILES string of the molecule is CC(C)(C)C(=O)N1Cc2ccccc2-c2c(nnn2C(C)(C)C)-c2ccccc21. The fraction of sp³-hybridized carbons (Fsp3) is 0.375. The van der Waals surface area contributed by atoms with Crippen molar-refractivity contribution in [3.05, 3.63) is 54.1 Å². The van der Waals surface area contributed by atoms with Gasteiger partial charge >= 0.3 is 0 Å². The van der Waals surface area contributed by atoms with Gasteiger partial charge in [-0.2, -0.15) is 0 Å². The van der Waals surface area contributed by atoms with Gasteiger partial charge in [-0.1, -0.05) is 68.4 Å². The molecule has 0 aliphatic carbocycles. The third-order valence-corrected chi connectivity index (χ3v) is 5.24. The van der Waals surface area contributed by atoms with Crippen molar-refractivity contribution in [3.8, 4) is 22.5 Å². The van der Waals surface area contributed by atoms with Gasteiger partial charge in [0.1, 0.15) is 5.69 Å². The molecule has 2 heterocycles. The van der Waals surface area contributed by atoms with E-state index in [2.05, 4.69) is 43.2 Å². The van der Waals surface area contributed by atoms with Gasteiger partial charge in [-0.15, -0.1) is 5.10 Å². The van der Waals surface area contributed by atoms with Gasteiger partial charge in [0.2, 0.25) is 5.91 Å². The van der Waals surface area contributed by atoms with Gasteiger partial charge in [-0.05, 0) is 32.4 Å². The quantitative estimate of drug-likeness (QED) is 0.528. The first-order valence-electron chi connectivity index (χ1n) is 10.0. The smallest absolute Gasteiger partial charge is 0.232 e. The number of amides is 1. The number of benzene rings is 2. The molecule has 1 aromatic heterocycles. The summed E-state index contributed by atoms with van der Waals surface area (Å²) in [6, 6.07) is 16.3. The molecule has 29 heavy (non-hydrogen) atoms. The zero-order valence-electron chi connectivity index (χ0n) is 18.0. The molecule has 1 aliphatic rings. The second-order valence-electron chi connectivity index (χ2n) is 9.68. The third kappa shape index (κ3) is 3.24. The predicted octanol–water partition coefficient (Wildman–Crippen LogP) is 5.26. The molecule has 0 saturated carbocycles. The van der Waals surface area contributed by atoms with Gasteiger partial charge in [0.25, 0.3) is 0 Å². The fourth-order valence-electron chi connectivity index (χ4n) is 3.81. The van der Waals surface area contributed by atoms with E-state index < -0.39 is 5.41 Å². The fourth-order valence-corrected chi connectivity index (χ4v) is 3.81. The Labute approximate surface area is 172 Å². The van der Waals surface area contributed by atoms with Crippen LogP contribution in [0.3, 0.4) is 0 Å². The highest BCUT2D eigenvalue weighted by Crippen LogP contribution is 2.43. The van der Waals surface area contributed by atoms with Crippen molar-refractivity contribution in [3.63, 3.8) is 0 Å². The molecule has 1 amide bonds. The van der Waals surface area contributed by atoms with Crippen LogP contribution < -0.4 is 4.90 Å². The Morgan fingerprint density at radius 3 is 2.17 bits per heavy atom. The number of nitrogens with zero attached hydrogens (tertiary/aromatic N) is 4. The minimum absolute atomic E-state index is 0.0893. The van der Waals surface area contributed by atoms with Crippen molar-refractivity contribution in [2.45, 2.75) is 53.6 Å². The summed E-state index contributed by atoms with van der Waals surface area (Å²) in [5.41, 5.74) is 5.08. The van der Waals surface area contributed by atoms with Crippen LogP contribution in [-0.4, -0.2) is 20.9 Å². The number of hydrogen-bond donors (Lipinski definition) is 0. The highest BCUT2D eigenvalue weighted by molar-refractivity contribution is 6.02. The lowest BCUT2D eigenvalue weighted by atomic mass is 9.90. The second kappa shape index (κ2) is 6.55. The molecule has 0 spiro atoms. The number of aromatic nitrogens is 3. The largest absolute Gasteiger partial charge is 0.307 e. The number of fused-ring (bicyclic) bond motifs is 5. The second-order valence-corrected chi connectivity index (χ2v) is 9.68. The van der Waals surface area contributed by atoms with Crippen LogP contribution in [-0.2, 0) is 16.9 Å². The Kier molecular flexibility index (Phi) is 4.37. The van der Waals surface area contributed by atoms with Crippen molar-refractivity contribution in [1.29, 1.82) is 0 Å². The van der Waals surface area contributed by atoms with E-state index in [1.807, 2.05) is 66.8 Å². The van der Waals surface area contributed by atoms with Gasteiger partial charge in [-0.3, -0.25) is 4.79 Å². The summed E-state index contributed by atoms with van der Waals surface area (Å²) in [5, 5.41) is 9.13. The summed E-state index contributed by atoms with van der Waals surface area (Å²) in [7, 11) is 0. The van der Waals surface area contributed by atoms with Crippen molar-refractivity contribution in [2.75, 3.05) is 4.90 Å². The summed E-state index contributed by atoms with van der Waals surface area (Å²) in [6.07, 6.45) is 0. The Morgan fingerprint density at radius 1 is 0.897 bits per heavy atom. The molecule has 5 heteroatoms. The topological polar surface area (TPSA) is 51.0 Å². The minimum atomic E-state index is -0.493. The molecule has 0 unspecified atom stereocenters. The summed E-state index contributed by atoms with van der Waals surface area (Å²) < 4.78 is 2.00. The number of carbonyl (C=O) groups is 1. The van der Waals surface area contributed by atoms with Crippen LogP contribution in [0.15, 0.2) is 48.5 Å². The van der Waals surface area contributed by atoms with E-state index in [4.69, 9.17) is 0 Å². The van der Waals surface area contributed by atoms with Gasteiger partial charge in [-0.25, -0.2) is 4.68 Å². The number of anilines is 1. The molecule has 0 bridgehead atoms. The van der Waals surface area contributed by atoms with E-state index in [1.165, 1.54) is 0 Å². The molecule has 0 saturated heterocycles. The molecular formula is C24H28N4O. The summed E-state index contributed by atoms with van der Waals surface area (Å²) >= 11 is 0. The summed E-state index contributed by atoms with van der Waals surface area (Å²) in [5.74, 6) is 0.0893. The van der Waals surface area contributed by atoms with Crippen molar-refractivity contribution >= 4 is 11.6 Å². The Hall–Kier alpha value is -2.95. The molecular weight excluding hydrogens is 360 g/mol. The van der Waals surface area contributed by atoms with Crippen LogP contribution in [0.1, 0.15) is 47.1 Å². The van der Waals surface area contributed by atoms with Crippen molar-refractivity contribution in [2.24, 2.45) is 5.41 Å². The lowest BCUT2D eigenvalue weighted by molar-refractivity contribution is -0.125. The van der Waals surface area contributed by atoms with Crippen molar-refractivity contribution < 1.29 is 4.79 Å². The van der Waals surface area contributed by atoms with Crippen LogP contribution in [0.4, 0.5) is 5.69 Å². The highest BCUT2D eigenvalue weighted by Gasteiger charge is 2.34. The molecule has 5 nitrogen and oxygen atoms in total. The zero-order chi connectivity index (χ0) is 21.0. The monoisotopic (exact) mass is 388 g/mol. The van der Waals surface area contributed by atoms with E-state index in [1.54, 1.807) is 0 Å². The van der Waals surface area contributed by atoms with E-state index in [-0.39, 0.29) is 11.4 Å². The van der Waals surface area contributed by atoms with Crippen LogP contribution in [0, 0.1) is 5.41 Å². The number of para-hydroxylation sites is 1. The lowest BCUT2D eigenvalue weighted by Crippen LogP contribution is -2.40. The molecule has 2 aromatic carbocycles. The molecule has 0 N–H and O–H groups in total. The van der Waals surface area contributed by atoms with Gasteiger partial charge in [0, 0.05) is 16.5 Å². The Bertz CT molecular complexity index is 1080. The van der Waals surface area contributed by atoms with E-state index >= 15 is 0 Å². The van der Waals surface area contributed by atoms with E-state index in [9.17, 15) is 4.79 Å². The molecule has 4 rings (SSSR count). The normalized spacial score (nSPS) is 13.8. The van der Waals surface area contributed by atoms with E-state index in [0.29, 0.717) is 6.54 Å². The first-order valence-corrected chi connectivity index (χ1v) is 10.0. The third-order valence-electron chi connectivity index (χ3n) is 5.24. The molecule has 150 valence electrons. The van der Waals surface area contributed by atoms with Crippen LogP contribution in [0.2, 0.25) is 0 Å². The molecule has 1 aliphatic heterocycles. The molecule has 0 radical (unpaired) electrons. The Balaban J connectivity index is 2.07. The first-order chi connectivity index (χ1) is 13.6. The average molecular weight is 389 g/mol. The number of hydrogen-bond acceptors (Lipinski definition) is 3. The maximum Gasteiger partial charge on any atom is 0.232 e.